The summed E-state index contributed by atoms with van der Waals surface area (Å²) in [6, 6.07) is 6.63. The van der Waals surface area contributed by atoms with Crippen molar-refractivity contribution in [1.29, 1.82) is 0 Å². The van der Waals surface area contributed by atoms with E-state index in [4.69, 9.17) is 4.74 Å². The van der Waals surface area contributed by atoms with Crippen molar-refractivity contribution in [2.24, 2.45) is 17.8 Å². The number of anilines is 1. The van der Waals surface area contributed by atoms with Gasteiger partial charge < -0.3 is 15.4 Å². The first kappa shape index (κ1) is 19.3. The molecule has 2 rings (SSSR count). The third-order valence-corrected chi connectivity index (χ3v) is 4.99. The molecule has 1 atom stereocenters. The topological polar surface area (TPSA) is 67.4 Å². The lowest BCUT2D eigenvalue weighted by atomic mass is 9.82. The quantitative estimate of drug-likeness (QED) is 0.827. The maximum absolute atomic E-state index is 12.6. The minimum atomic E-state index is -0.533. The van der Waals surface area contributed by atoms with Crippen LogP contribution in [0, 0.1) is 17.8 Å². The van der Waals surface area contributed by atoms with Gasteiger partial charge >= 0.3 is 0 Å². The molecule has 1 fully saturated rings. The third-order valence-electron chi connectivity index (χ3n) is 4.99. The van der Waals surface area contributed by atoms with Gasteiger partial charge in [-0.1, -0.05) is 20.8 Å². The van der Waals surface area contributed by atoms with Crippen LogP contribution in [-0.2, 0) is 9.59 Å². The lowest BCUT2D eigenvalue weighted by Crippen LogP contribution is -2.49. The molecule has 5 nitrogen and oxygen atoms in total. The lowest BCUT2D eigenvalue weighted by molar-refractivity contribution is -0.131. The van der Waals surface area contributed by atoms with Crippen LogP contribution in [-0.4, -0.2) is 25.0 Å². The van der Waals surface area contributed by atoms with Crippen LogP contribution >= 0.6 is 0 Å². The second-order valence-corrected chi connectivity index (χ2v) is 7.40. The molecule has 0 radical (unpaired) electrons. The minimum Gasteiger partial charge on any atom is -0.497 e. The molecule has 5 heteroatoms. The summed E-state index contributed by atoms with van der Waals surface area (Å²) in [7, 11) is 1.60. The molecule has 138 valence electrons. The number of amides is 2. The Balaban J connectivity index is 1.96. The van der Waals surface area contributed by atoms with Crippen LogP contribution in [0.25, 0.3) is 0 Å². The number of carbonyl (C=O) groups is 2. The molecule has 2 N–H and O–H groups in total. The van der Waals surface area contributed by atoms with Crippen molar-refractivity contribution in [2.75, 3.05) is 12.4 Å². The second kappa shape index (κ2) is 8.88. The Morgan fingerprint density at radius 3 is 2.20 bits per heavy atom. The number of carbonyl (C=O) groups excluding carboxylic acids is 2. The highest BCUT2D eigenvalue weighted by Crippen LogP contribution is 2.28. The van der Waals surface area contributed by atoms with Crippen molar-refractivity contribution in [3.05, 3.63) is 24.3 Å². The van der Waals surface area contributed by atoms with E-state index in [0.29, 0.717) is 11.6 Å². The SMILES string of the molecule is COc1ccc(NC(=O)[C@H](NC(=O)C2CCC(C)CC2)C(C)C)cc1. The number of benzene rings is 1. The molecule has 0 unspecified atom stereocenters. The van der Waals surface area contributed by atoms with E-state index in [9.17, 15) is 9.59 Å². The first-order chi connectivity index (χ1) is 11.9. The molecule has 1 saturated carbocycles. The minimum absolute atomic E-state index is 0.00970. The summed E-state index contributed by atoms with van der Waals surface area (Å²) in [5, 5.41) is 5.85. The summed E-state index contributed by atoms with van der Waals surface area (Å²) in [5.41, 5.74) is 0.692. The Hall–Kier alpha value is -2.04. The molecule has 1 aliphatic rings. The monoisotopic (exact) mass is 346 g/mol. The van der Waals surface area contributed by atoms with Crippen LogP contribution < -0.4 is 15.4 Å². The fraction of sp³-hybridized carbons (Fsp3) is 0.600. The number of methoxy groups -OCH3 is 1. The van der Waals surface area contributed by atoms with Gasteiger partial charge in [0, 0.05) is 11.6 Å². The van der Waals surface area contributed by atoms with Crippen molar-refractivity contribution in [3.63, 3.8) is 0 Å². The van der Waals surface area contributed by atoms with Crippen LogP contribution in [0.1, 0.15) is 46.5 Å². The van der Waals surface area contributed by atoms with Crippen LogP contribution in [0.3, 0.4) is 0 Å². The van der Waals surface area contributed by atoms with Crippen molar-refractivity contribution in [3.8, 4) is 5.75 Å². The van der Waals surface area contributed by atoms with Crippen LogP contribution in [0.2, 0.25) is 0 Å². The number of ether oxygens (including phenoxy) is 1. The summed E-state index contributed by atoms with van der Waals surface area (Å²) in [6.45, 7) is 6.12. The van der Waals surface area contributed by atoms with E-state index in [-0.39, 0.29) is 23.7 Å². The molecule has 1 aromatic rings. The maximum Gasteiger partial charge on any atom is 0.247 e. The average Bonchev–Trinajstić information content (AvgIpc) is 2.60. The average molecular weight is 346 g/mol. The van der Waals surface area contributed by atoms with E-state index >= 15 is 0 Å². The zero-order chi connectivity index (χ0) is 18.4. The predicted molar refractivity (Wildman–Crippen MR) is 99.5 cm³/mol. The Bertz CT molecular complexity index is 575. The Morgan fingerprint density at radius 2 is 1.68 bits per heavy atom. The van der Waals surface area contributed by atoms with Crippen LogP contribution in [0.5, 0.6) is 5.75 Å². The summed E-state index contributed by atoms with van der Waals surface area (Å²) in [4.78, 5) is 25.2. The van der Waals surface area contributed by atoms with Gasteiger partial charge in [-0.2, -0.15) is 0 Å². The lowest BCUT2D eigenvalue weighted by Gasteiger charge is -2.28. The summed E-state index contributed by atoms with van der Waals surface area (Å²) < 4.78 is 5.12. The second-order valence-electron chi connectivity index (χ2n) is 7.40. The highest BCUT2D eigenvalue weighted by atomic mass is 16.5. The van der Waals surface area contributed by atoms with Gasteiger partial charge in [0.2, 0.25) is 11.8 Å². The highest BCUT2D eigenvalue weighted by molar-refractivity contribution is 5.97. The summed E-state index contributed by atoms with van der Waals surface area (Å²) >= 11 is 0. The van der Waals surface area contributed by atoms with E-state index in [0.717, 1.165) is 31.4 Å². The molecule has 0 saturated heterocycles. The Labute approximate surface area is 150 Å². The molecule has 0 aliphatic heterocycles. The van der Waals surface area contributed by atoms with Crippen molar-refractivity contribution >= 4 is 17.5 Å². The van der Waals surface area contributed by atoms with Gasteiger partial charge in [0.15, 0.2) is 0 Å². The Morgan fingerprint density at radius 1 is 1.08 bits per heavy atom. The van der Waals surface area contributed by atoms with E-state index in [1.807, 2.05) is 13.8 Å². The van der Waals surface area contributed by atoms with Gasteiger partial charge in [-0.25, -0.2) is 0 Å². The number of nitrogens with one attached hydrogen (secondary N) is 2. The maximum atomic E-state index is 12.6. The smallest absolute Gasteiger partial charge is 0.247 e. The van der Waals surface area contributed by atoms with Gasteiger partial charge in [-0.05, 0) is 61.8 Å². The normalized spacial score (nSPS) is 21.5. The number of hydrogen-bond acceptors (Lipinski definition) is 3. The molecule has 1 aromatic carbocycles. The van der Waals surface area contributed by atoms with Gasteiger partial charge in [-0.3, -0.25) is 9.59 Å². The molecular weight excluding hydrogens is 316 g/mol. The molecule has 0 bridgehead atoms. The largest absolute Gasteiger partial charge is 0.497 e. The summed E-state index contributed by atoms with van der Waals surface area (Å²) in [5.74, 6) is 1.31. The predicted octanol–water partition coefficient (Wildman–Crippen LogP) is 3.60. The standard InChI is InChI=1S/C20H30N2O3/c1-13(2)18(22-19(23)15-7-5-14(3)6-8-15)20(24)21-16-9-11-17(25-4)12-10-16/h9-15,18H,5-8H2,1-4H3,(H,21,24)(H,22,23)/t14?,15?,18-/m1/s1. The number of hydrogen-bond donors (Lipinski definition) is 2. The Kier molecular flexibility index (Phi) is 6.85. The van der Waals surface area contributed by atoms with Crippen LogP contribution in [0.4, 0.5) is 5.69 Å². The molecular formula is C20H30N2O3. The molecule has 0 spiro atoms. The molecule has 0 aromatic heterocycles. The zero-order valence-electron chi connectivity index (χ0n) is 15.7. The van der Waals surface area contributed by atoms with E-state index < -0.39 is 6.04 Å². The van der Waals surface area contributed by atoms with E-state index in [1.165, 1.54) is 0 Å². The summed E-state index contributed by atoms with van der Waals surface area (Å²) in [6.07, 6.45) is 4.00. The molecule has 0 heterocycles. The van der Waals surface area contributed by atoms with E-state index in [2.05, 4.69) is 17.6 Å². The van der Waals surface area contributed by atoms with Crippen molar-refractivity contribution in [2.45, 2.75) is 52.5 Å². The molecule has 25 heavy (non-hydrogen) atoms. The fourth-order valence-corrected chi connectivity index (χ4v) is 3.22. The number of rotatable bonds is 6. The zero-order valence-corrected chi connectivity index (χ0v) is 15.7. The first-order valence-electron chi connectivity index (χ1n) is 9.16. The van der Waals surface area contributed by atoms with Gasteiger partial charge in [0.05, 0.1) is 7.11 Å². The molecule has 2 amide bonds. The first-order valence-corrected chi connectivity index (χ1v) is 9.16. The van der Waals surface area contributed by atoms with Crippen LogP contribution in [0.15, 0.2) is 24.3 Å². The highest BCUT2D eigenvalue weighted by Gasteiger charge is 2.29. The fourth-order valence-electron chi connectivity index (χ4n) is 3.22. The van der Waals surface area contributed by atoms with Gasteiger partial charge in [-0.15, -0.1) is 0 Å². The van der Waals surface area contributed by atoms with Gasteiger partial charge in [0.1, 0.15) is 11.8 Å². The van der Waals surface area contributed by atoms with Crippen molar-refractivity contribution < 1.29 is 14.3 Å². The molecule has 1 aliphatic carbocycles. The third kappa shape index (κ3) is 5.48. The van der Waals surface area contributed by atoms with Gasteiger partial charge in [0.25, 0.3) is 0 Å². The van der Waals surface area contributed by atoms with E-state index in [1.54, 1.807) is 31.4 Å². The van der Waals surface area contributed by atoms with Crippen molar-refractivity contribution in [1.82, 2.24) is 5.32 Å².